The van der Waals surface area contributed by atoms with Gasteiger partial charge in [-0.15, -0.1) is 11.8 Å². The average molecular weight is 115 g/mol. The third kappa shape index (κ3) is 5.31. The summed E-state index contributed by atoms with van der Waals surface area (Å²) < 4.78 is 0. The zero-order valence-corrected chi connectivity index (χ0v) is 4.70. The first-order valence-electron chi connectivity index (χ1n) is 1.60. The molecule has 7 heavy (non-hydrogen) atoms. The van der Waals surface area contributed by atoms with E-state index in [1.54, 1.807) is 11.7 Å². The second-order valence-corrected chi connectivity index (χ2v) is 1.38. The zero-order chi connectivity index (χ0) is 5.54. The van der Waals surface area contributed by atoms with E-state index in [4.69, 9.17) is 5.26 Å². The fourth-order valence-corrected chi connectivity index (χ4v) is 0.266. The van der Waals surface area contributed by atoms with Crippen molar-refractivity contribution in [3.05, 3.63) is 0 Å². The molecule has 0 unspecified atom stereocenters. The van der Waals surface area contributed by atoms with Gasteiger partial charge in [0, 0.05) is 0 Å². The summed E-state index contributed by atoms with van der Waals surface area (Å²) in [5, 5.41) is 11.2. The molecule has 4 heteroatoms. The van der Waals surface area contributed by atoms with Crippen LogP contribution in [0.1, 0.15) is 0 Å². The summed E-state index contributed by atoms with van der Waals surface area (Å²) in [4.78, 5) is 0. The Kier molecular flexibility index (Phi) is 4.79. The van der Waals surface area contributed by atoms with Gasteiger partial charge in [0.1, 0.15) is 0 Å². The molecular weight excluding hydrogens is 110 g/mol. The second kappa shape index (κ2) is 5.31. The molecule has 0 aliphatic carbocycles. The molecule has 0 aliphatic rings. The van der Waals surface area contributed by atoms with Gasteiger partial charge in [0.15, 0.2) is 6.19 Å². The van der Waals surface area contributed by atoms with Crippen LogP contribution in [0.2, 0.25) is 0 Å². The number of nitrogens with one attached hydrogen (secondary N) is 1. The van der Waals surface area contributed by atoms with Crippen molar-refractivity contribution < 1.29 is 0 Å². The summed E-state index contributed by atoms with van der Waals surface area (Å²) in [6, 6.07) is 0. The van der Waals surface area contributed by atoms with Gasteiger partial charge < -0.3 is 0 Å². The Balaban J connectivity index is 2.97. The van der Waals surface area contributed by atoms with Gasteiger partial charge in [-0.05, 0) is 6.26 Å². The summed E-state index contributed by atoms with van der Waals surface area (Å²) in [5.41, 5.74) is 3.65. The SMILES string of the molecule is CSC=NNC#N. The highest BCUT2D eigenvalue weighted by Crippen LogP contribution is 1.78. The number of hydrogen-bond donors (Lipinski definition) is 1. The molecule has 0 aliphatic heterocycles. The van der Waals surface area contributed by atoms with E-state index in [9.17, 15) is 0 Å². The molecule has 0 aromatic carbocycles. The fourth-order valence-electron chi connectivity index (χ4n) is 0.108. The monoisotopic (exact) mass is 115 g/mol. The molecule has 0 atom stereocenters. The van der Waals surface area contributed by atoms with E-state index in [-0.39, 0.29) is 0 Å². The van der Waals surface area contributed by atoms with E-state index in [1.807, 2.05) is 6.26 Å². The summed E-state index contributed by atoms with van der Waals surface area (Å²) in [6.45, 7) is 0. The molecule has 0 radical (unpaired) electrons. The maximum absolute atomic E-state index is 7.81. The first kappa shape index (κ1) is 6.31. The molecule has 0 saturated carbocycles. The van der Waals surface area contributed by atoms with Crippen LogP contribution in [0.4, 0.5) is 0 Å². The Bertz CT molecular complexity index is 92.8. The van der Waals surface area contributed by atoms with E-state index in [0.29, 0.717) is 0 Å². The lowest BCUT2D eigenvalue weighted by molar-refractivity contribution is 0.996. The molecule has 0 rings (SSSR count). The van der Waals surface area contributed by atoms with Crippen LogP contribution in [0.5, 0.6) is 0 Å². The minimum atomic E-state index is 1.44. The average Bonchev–Trinajstić information content (AvgIpc) is 1.69. The molecule has 0 bridgehead atoms. The number of thioether (sulfide) groups is 1. The molecule has 0 spiro atoms. The number of nitrogens with zero attached hydrogens (tertiary/aromatic N) is 2. The van der Waals surface area contributed by atoms with Crippen molar-refractivity contribution in [3.8, 4) is 6.19 Å². The van der Waals surface area contributed by atoms with Gasteiger partial charge in [-0.25, -0.2) is 5.43 Å². The third-order valence-electron chi connectivity index (χ3n) is 0.273. The third-order valence-corrected chi connectivity index (χ3v) is 0.589. The molecule has 0 heterocycles. The standard InChI is InChI=1S/C3H5N3S/c1-7-3-6-5-2-4/h3,5H,1H3. The van der Waals surface area contributed by atoms with Crippen molar-refractivity contribution in [3.63, 3.8) is 0 Å². The highest BCUT2D eigenvalue weighted by Gasteiger charge is 1.62. The second-order valence-electron chi connectivity index (χ2n) is 0.694. The van der Waals surface area contributed by atoms with Crippen molar-refractivity contribution in [2.24, 2.45) is 5.10 Å². The van der Waals surface area contributed by atoms with E-state index in [0.717, 1.165) is 0 Å². The van der Waals surface area contributed by atoms with Gasteiger partial charge in [-0.2, -0.15) is 10.4 Å². The van der Waals surface area contributed by atoms with Gasteiger partial charge in [-0.3, -0.25) is 0 Å². The predicted octanol–water partition coefficient (Wildman–Crippen LogP) is 0.363. The van der Waals surface area contributed by atoms with Crippen molar-refractivity contribution in [1.82, 2.24) is 5.43 Å². The van der Waals surface area contributed by atoms with Crippen LogP contribution < -0.4 is 5.43 Å². The lowest BCUT2D eigenvalue weighted by Crippen LogP contribution is -1.90. The van der Waals surface area contributed by atoms with Crippen LogP contribution in [-0.2, 0) is 0 Å². The Morgan fingerprint density at radius 3 is 3.14 bits per heavy atom. The van der Waals surface area contributed by atoms with E-state index >= 15 is 0 Å². The number of hydrogen-bond acceptors (Lipinski definition) is 4. The molecule has 0 saturated heterocycles. The summed E-state index contributed by atoms with van der Waals surface area (Å²) in [5.74, 6) is 0. The first-order valence-corrected chi connectivity index (χ1v) is 2.89. The largest absolute Gasteiger partial charge is 0.213 e. The van der Waals surface area contributed by atoms with Gasteiger partial charge in [0.25, 0.3) is 0 Å². The van der Waals surface area contributed by atoms with Crippen molar-refractivity contribution >= 4 is 17.3 Å². The van der Waals surface area contributed by atoms with E-state index < -0.39 is 0 Å². The molecule has 38 valence electrons. The van der Waals surface area contributed by atoms with Gasteiger partial charge >= 0.3 is 0 Å². The lowest BCUT2D eigenvalue weighted by Gasteiger charge is -1.75. The molecule has 1 N–H and O–H groups in total. The normalized spacial score (nSPS) is 8.57. The summed E-state index contributed by atoms with van der Waals surface area (Å²) in [6.07, 6.45) is 3.50. The smallest absolute Gasteiger partial charge is 0.198 e. The molecule has 3 nitrogen and oxygen atoms in total. The minimum absolute atomic E-state index is 1.44. The van der Waals surface area contributed by atoms with Crippen LogP contribution in [0.3, 0.4) is 0 Å². The van der Waals surface area contributed by atoms with Gasteiger partial charge in [0.2, 0.25) is 0 Å². The molecule has 0 aromatic heterocycles. The quantitative estimate of drug-likeness (QED) is 0.186. The van der Waals surface area contributed by atoms with Crippen LogP contribution in [0, 0.1) is 11.5 Å². The van der Waals surface area contributed by atoms with Crippen LogP contribution in [-0.4, -0.2) is 11.8 Å². The van der Waals surface area contributed by atoms with Crippen molar-refractivity contribution in [1.29, 1.82) is 5.26 Å². The minimum Gasteiger partial charge on any atom is -0.213 e. The van der Waals surface area contributed by atoms with Crippen molar-refractivity contribution in [2.75, 3.05) is 6.26 Å². The van der Waals surface area contributed by atoms with E-state index in [1.165, 1.54) is 11.8 Å². The number of nitriles is 1. The fraction of sp³-hybridized carbons (Fsp3) is 0.333. The zero-order valence-electron chi connectivity index (χ0n) is 3.88. The Morgan fingerprint density at radius 1 is 2.00 bits per heavy atom. The molecule has 0 amide bonds. The topological polar surface area (TPSA) is 48.2 Å². The number of hydrazone groups is 1. The number of rotatable bonds is 2. The molecular formula is C3H5N3S. The lowest BCUT2D eigenvalue weighted by atomic mass is 11.4. The highest BCUT2D eigenvalue weighted by molar-refractivity contribution is 8.11. The van der Waals surface area contributed by atoms with Crippen LogP contribution in [0.25, 0.3) is 0 Å². The van der Waals surface area contributed by atoms with Crippen LogP contribution in [0.15, 0.2) is 5.10 Å². The maximum atomic E-state index is 7.81. The first-order chi connectivity index (χ1) is 3.41. The highest BCUT2D eigenvalue weighted by atomic mass is 32.2. The Labute approximate surface area is 46.4 Å². The van der Waals surface area contributed by atoms with Crippen LogP contribution >= 0.6 is 11.8 Å². The summed E-state index contributed by atoms with van der Waals surface area (Å²) >= 11 is 1.44. The Morgan fingerprint density at radius 2 is 2.71 bits per heavy atom. The Hall–Kier alpha value is -0.690. The van der Waals surface area contributed by atoms with E-state index in [2.05, 4.69) is 10.5 Å². The van der Waals surface area contributed by atoms with Crippen molar-refractivity contribution in [2.45, 2.75) is 0 Å². The van der Waals surface area contributed by atoms with Gasteiger partial charge in [-0.1, -0.05) is 0 Å². The van der Waals surface area contributed by atoms with Gasteiger partial charge in [0.05, 0.1) is 5.55 Å². The summed E-state index contributed by atoms with van der Waals surface area (Å²) in [7, 11) is 0. The predicted molar refractivity (Wildman–Crippen MR) is 30.8 cm³/mol. The maximum Gasteiger partial charge on any atom is 0.198 e. The molecule has 0 fully saturated rings. The molecule has 0 aromatic rings.